The number of hydrogen-bond donors (Lipinski definition) is 1. The van der Waals surface area contributed by atoms with E-state index < -0.39 is 0 Å². The van der Waals surface area contributed by atoms with E-state index in [0.717, 1.165) is 5.82 Å². The molecule has 43 valence electrons. The normalized spacial score (nSPS) is 7.57. The Morgan fingerprint density at radius 2 is 2.43 bits per heavy atom. The zero-order chi connectivity index (χ0) is 4.41. The number of hydrogen-bond acceptors (Lipinski definition) is 1. The summed E-state index contributed by atoms with van der Waals surface area (Å²) in [4.78, 5) is 6.75. The van der Waals surface area contributed by atoms with Crippen molar-refractivity contribution in [3.8, 4) is 0 Å². The minimum Gasteiger partial charge on any atom is -0.349 e. The largest absolute Gasteiger partial charge is 0.349 e. The molecule has 0 aromatic carbocycles. The van der Waals surface area contributed by atoms with Crippen molar-refractivity contribution in [3.63, 3.8) is 0 Å². The minimum atomic E-state index is 0. The summed E-state index contributed by atoms with van der Waals surface area (Å²) in [5.41, 5.74) is 0. The van der Waals surface area contributed by atoms with Gasteiger partial charge in [-0.15, -0.1) is 0 Å². The fraction of sp³-hybridized carbons (Fsp3) is 0.250. The van der Waals surface area contributed by atoms with Crippen molar-refractivity contribution in [2.45, 2.75) is 6.92 Å². The Hall–Kier alpha value is -0.0497. The van der Waals surface area contributed by atoms with Crippen LogP contribution in [-0.2, 0) is 22.4 Å². The second-order valence-electron chi connectivity index (χ2n) is 1.17. The Kier molecular flexibility index (Phi) is 3.00. The molecular weight excluding hydrogens is 184 g/mol. The number of rotatable bonds is 0. The molecule has 7 heavy (non-hydrogen) atoms. The van der Waals surface area contributed by atoms with Crippen LogP contribution in [0.25, 0.3) is 0 Å². The predicted molar refractivity (Wildman–Crippen MR) is 23.3 cm³/mol. The van der Waals surface area contributed by atoms with Crippen molar-refractivity contribution >= 4 is 0 Å². The Morgan fingerprint density at radius 1 is 1.71 bits per heavy atom. The summed E-state index contributed by atoms with van der Waals surface area (Å²) in [5, 5.41) is 0. The maximum Gasteiger partial charge on any atom is 0.102 e. The van der Waals surface area contributed by atoms with E-state index in [4.69, 9.17) is 0 Å². The van der Waals surface area contributed by atoms with Crippen LogP contribution in [0.15, 0.2) is 12.4 Å². The summed E-state index contributed by atoms with van der Waals surface area (Å²) in [7, 11) is 0. The molecule has 1 radical (unpaired) electrons. The molecule has 0 fully saturated rings. The van der Waals surface area contributed by atoms with Crippen LogP contribution in [0, 0.1) is 6.92 Å². The van der Waals surface area contributed by atoms with E-state index in [1.165, 1.54) is 0 Å². The first-order valence-corrected chi connectivity index (χ1v) is 1.85. The average Bonchev–Trinajstić information content (AvgIpc) is 1.86. The van der Waals surface area contributed by atoms with Crippen LogP contribution in [0.4, 0.5) is 0 Å². The van der Waals surface area contributed by atoms with Gasteiger partial charge in [0.25, 0.3) is 0 Å². The summed E-state index contributed by atoms with van der Waals surface area (Å²) in [6.07, 6.45) is 3.53. The monoisotopic (exact) mass is 189 g/mol. The molecule has 0 aliphatic heterocycles. The Morgan fingerprint density at radius 3 is 2.57 bits per heavy atom. The molecule has 1 aromatic heterocycles. The maximum atomic E-state index is 3.86. The smallest absolute Gasteiger partial charge is 0.102 e. The molecule has 0 aliphatic carbocycles. The van der Waals surface area contributed by atoms with Gasteiger partial charge in [0.1, 0.15) is 5.82 Å². The van der Waals surface area contributed by atoms with Crippen LogP contribution in [0.5, 0.6) is 0 Å². The van der Waals surface area contributed by atoms with E-state index in [-0.39, 0.29) is 22.4 Å². The van der Waals surface area contributed by atoms with E-state index in [0.29, 0.717) is 0 Å². The van der Waals surface area contributed by atoms with E-state index in [1.54, 1.807) is 12.4 Å². The first-order valence-electron chi connectivity index (χ1n) is 1.85. The van der Waals surface area contributed by atoms with Gasteiger partial charge in [0, 0.05) is 34.8 Å². The molecule has 0 atom stereocenters. The standard InChI is InChI=1S/C4H6N2.Ag/c1-4-5-2-3-6-4;/h2-3H,1H3,(H,5,6);. The third-order valence-corrected chi connectivity index (χ3v) is 0.635. The van der Waals surface area contributed by atoms with Crippen LogP contribution < -0.4 is 0 Å². The summed E-state index contributed by atoms with van der Waals surface area (Å²) in [5.74, 6) is 0.968. The van der Waals surface area contributed by atoms with E-state index in [2.05, 4.69) is 9.97 Å². The molecule has 3 heteroatoms. The van der Waals surface area contributed by atoms with Crippen LogP contribution in [0.3, 0.4) is 0 Å². The number of aryl methyl sites for hydroxylation is 1. The quantitative estimate of drug-likeness (QED) is 0.599. The van der Waals surface area contributed by atoms with Crippen LogP contribution in [-0.4, -0.2) is 9.97 Å². The third kappa shape index (κ3) is 1.92. The van der Waals surface area contributed by atoms with Crippen molar-refractivity contribution in [3.05, 3.63) is 18.2 Å². The van der Waals surface area contributed by atoms with Crippen molar-refractivity contribution in [2.75, 3.05) is 0 Å². The summed E-state index contributed by atoms with van der Waals surface area (Å²) in [6, 6.07) is 0. The molecule has 0 unspecified atom stereocenters. The van der Waals surface area contributed by atoms with Gasteiger partial charge in [0.15, 0.2) is 0 Å². The van der Waals surface area contributed by atoms with Gasteiger partial charge in [-0.05, 0) is 6.92 Å². The van der Waals surface area contributed by atoms with E-state index in [9.17, 15) is 0 Å². The number of imidazole rings is 1. The molecule has 0 bridgehead atoms. The first-order chi connectivity index (χ1) is 2.89. The van der Waals surface area contributed by atoms with Gasteiger partial charge in [-0.1, -0.05) is 0 Å². The molecule has 0 aliphatic rings. The molecule has 0 saturated carbocycles. The number of aromatic nitrogens is 2. The van der Waals surface area contributed by atoms with Gasteiger partial charge in [0.2, 0.25) is 0 Å². The second kappa shape index (κ2) is 3.02. The fourth-order valence-electron chi connectivity index (χ4n) is 0.344. The third-order valence-electron chi connectivity index (χ3n) is 0.635. The van der Waals surface area contributed by atoms with E-state index in [1.807, 2.05) is 6.92 Å². The molecule has 1 aromatic rings. The Labute approximate surface area is 57.9 Å². The number of H-pyrrole nitrogens is 1. The SMILES string of the molecule is Cc1ncc[nH]1.[Ag]. The number of nitrogens with zero attached hydrogens (tertiary/aromatic N) is 1. The van der Waals surface area contributed by atoms with Gasteiger partial charge in [-0.2, -0.15) is 0 Å². The molecule has 1 N–H and O–H groups in total. The van der Waals surface area contributed by atoms with E-state index >= 15 is 0 Å². The number of aromatic amines is 1. The second-order valence-corrected chi connectivity index (χ2v) is 1.17. The Balaban J connectivity index is 0.000000360. The van der Waals surface area contributed by atoms with Gasteiger partial charge in [-0.25, -0.2) is 4.98 Å². The zero-order valence-electron chi connectivity index (χ0n) is 3.90. The van der Waals surface area contributed by atoms with Crippen molar-refractivity contribution in [2.24, 2.45) is 0 Å². The predicted octanol–water partition coefficient (Wildman–Crippen LogP) is 0.716. The van der Waals surface area contributed by atoms with Crippen LogP contribution in [0.1, 0.15) is 5.82 Å². The van der Waals surface area contributed by atoms with Gasteiger partial charge >= 0.3 is 0 Å². The molecule has 0 amide bonds. The minimum absolute atomic E-state index is 0. The molecule has 1 heterocycles. The summed E-state index contributed by atoms with van der Waals surface area (Å²) in [6.45, 7) is 1.92. The molecular formula is C4H6AgN2. The topological polar surface area (TPSA) is 28.7 Å². The molecule has 0 saturated heterocycles. The van der Waals surface area contributed by atoms with Crippen molar-refractivity contribution in [1.82, 2.24) is 9.97 Å². The molecule has 2 nitrogen and oxygen atoms in total. The van der Waals surface area contributed by atoms with Gasteiger partial charge in [-0.3, -0.25) is 0 Å². The van der Waals surface area contributed by atoms with Crippen LogP contribution >= 0.6 is 0 Å². The fourth-order valence-corrected chi connectivity index (χ4v) is 0.344. The average molecular weight is 190 g/mol. The summed E-state index contributed by atoms with van der Waals surface area (Å²) >= 11 is 0. The van der Waals surface area contributed by atoms with Crippen molar-refractivity contribution < 1.29 is 22.4 Å². The Bertz CT molecular complexity index is 113. The molecule has 1 rings (SSSR count). The summed E-state index contributed by atoms with van der Waals surface area (Å²) < 4.78 is 0. The zero-order valence-corrected chi connectivity index (χ0v) is 5.39. The van der Waals surface area contributed by atoms with Gasteiger partial charge < -0.3 is 4.98 Å². The van der Waals surface area contributed by atoms with Crippen LogP contribution in [0.2, 0.25) is 0 Å². The number of nitrogens with one attached hydrogen (secondary N) is 1. The first kappa shape index (κ1) is 6.95. The maximum absolute atomic E-state index is 3.86. The molecule has 0 spiro atoms. The van der Waals surface area contributed by atoms with Gasteiger partial charge in [0.05, 0.1) is 0 Å². The van der Waals surface area contributed by atoms with Crippen molar-refractivity contribution in [1.29, 1.82) is 0 Å².